The molecule has 27 heavy (non-hydrogen) atoms. The van der Waals surface area contributed by atoms with Crippen LogP contribution in [0.15, 0.2) is 52.3 Å². The van der Waals surface area contributed by atoms with E-state index in [1.165, 1.54) is 23.9 Å². The highest BCUT2D eigenvalue weighted by atomic mass is 35.5. The van der Waals surface area contributed by atoms with Crippen molar-refractivity contribution in [2.75, 3.05) is 6.61 Å². The first kappa shape index (κ1) is 20.7. The van der Waals surface area contributed by atoms with Crippen LogP contribution in [0.1, 0.15) is 24.2 Å². The highest BCUT2D eigenvalue weighted by Crippen LogP contribution is 2.33. The molecule has 0 heterocycles. The average Bonchev–Trinajstić information content (AvgIpc) is 2.61. The number of hydrogen-bond donors (Lipinski definition) is 0. The number of hydrogen-bond acceptors (Lipinski definition) is 7. The Morgan fingerprint density at radius 1 is 1.19 bits per heavy atom. The third-order valence-electron chi connectivity index (χ3n) is 3.12. The number of esters is 2. The van der Waals surface area contributed by atoms with Gasteiger partial charge in [0.1, 0.15) is 0 Å². The number of ether oxygens (including phenoxy) is 2. The molecule has 0 atom stereocenters. The number of halogens is 1. The lowest BCUT2D eigenvalue weighted by atomic mass is 10.2. The molecule has 0 N–H and O–H groups in total. The molecule has 0 aliphatic rings. The summed E-state index contributed by atoms with van der Waals surface area (Å²) in [6.07, 6.45) is -0.343. The Morgan fingerprint density at radius 2 is 1.85 bits per heavy atom. The first-order valence-corrected chi connectivity index (χ1v) is 9.04. The molecule has 0 fully saturated rings. The van der Waals surface area contributed by atoms with Gasteiger partial charge in [-0.2, -0.15) is 0 Å². The monoisotopic (exact) mass is 409 g/mol. The van der Waals surface area contributed by atoms with Crippen molar-refractivity contribution in [1.82, 2.24) is 0 Å². The quantitative estimate of drug-likeness (QED) is 0.377. The van der Waals surface area contributed by atoms with Crippen LogP contribution in [0.2, 0.25) is 5.02 Å². The van der Waals surface area contributed by atoms with Crippen molar-refractivity contribution in [2.45, 2.75) is 29.7 Å². The van der Waals surface area contributed by atoms with E-state index in [2.05, 4.69) is 0 Å². The smallest absolute Gasteiger partial charge is 0.344 e. The van der Waals surface area contributed by atoms with Crippen LogP contribution in [-0.4, -0.2) is 29.6 Å². The lowest BCUT2D eigenvalue weighted by molar-refractivity contribution is -0.384. The molecule has 142 valence electrons. The highest BCUT2D eigenvalue weighted by molar-refractivity contribution is 7.99. The van der Waals surface area contributed by atoms with Gasteiger partial charge in [0.15, 0.2) is 6.61 Å². The van der Waals surface area contributed by atoms with Gasteiger partial charge in [-0.25, -0.2) is 9.59 Å². The van der Waals surface area contributed by atoms with Gasteiger partial charge in [0.2, 0.25) is 0 Å². The van der Waals surface area contributed by atoms with Crippen LogP contribution in [0, 0.1) is 10.1 Å². The van der Waals surface area contributed by atoms with E-state index in [-0.39, 0.29) is 17.4 Å². The summed E-state index contributed by atoms with van der Waals surface area (Å²) in [5.74, 6) is -1.55. The van der Waals surface area contributed by atoms with E-state index in [0.717, 1.165) is 11.0 Å². The van der Waals surface area contributed by atoms with E-state index >= 15 is 0 Å². The third kappa shape index (κ3) is 6.26. The minimum absolute atomic E-state index is 0.0125. The number of benzene rings is 2. The van der Waals surface area contributed by atoms with Crippen LogP contribution in [0.3, 0.4) is 0 Å². The molecule has 9 heteroatoms. The largest absolute Gasteiger partial charge is 0.460 e. The summed E-state index contributed by atoms with van der Waals surface area (Å²) in [5, 5.41) is 11.6. The van der Waals surface area contributed by atoms with Gasteiger partial charge in [-0.1, -0.05) is 23.4 Å². The first-order valence-electron chi connectivity index (χ1n) is 7.84. The number of rotatable bonds is 7. The van der Waals surface area contributed by atoms with Crippen LogP contribution in [0.25, 0.3) is 0 Å². The number of nitrogens with zero attached hydrogens (tertiary/aromatic N) is 1. The maximum Gasteiger partial charge on any atom is 0.344 e. The Kier molecular flexibility index (Phi) is 7.20. The number of nitro groups is 1. The van der Waals surface area contributed by atoms with Crippen LogP contribution in [-0.2, 0) is 14.3 Å². The Hall–Kier alpha value is -2.58. The van der Waals surface area contributed by atoms with Crippen LogP contribution in [0.5, 0.6) is 0 Å². The fraction of sp³-hybridized carbons (Fsp3) is 0.222. The summed E-state index contributed by atoms with van der Waals surface area (Å²) in [4.78, 5) is 35.6. The number of carbonyl (C=O) groups excluding carboxylic acids is 2. The Balaban J connectivity index is 2.23. The van der Waals surface area contributed by atoms with Gasteiger partial charge in [-0.3, -0.25) is 10.1 Å². The van der Waals surface area contributed by atoms with Crippen LogP contribution < -0.4 is 0 Å². The van der Waals surface area contributed by atoms with Crippen molar-refractivity contribution in [2.24, 2.45) is 0 Å². The third-order valence-corrected chi connectivity index (χ3v) is 4.46. The summed E-state index contributed by atoms with van der Waals surface area (Å²) in [7, 11) is 0. The molecule has 0 bridgehead atoms. The second kappa shape index (κ2) is 9.38. The van der Waals surface area contributed by atoms with E-state index in [4.69, 9.17) is 21.1 Å². The van der Waals surface area contributed by atoms with Gasteiger partial charge in [0.05, 0.1) is 16.6 Å². The van der Waals surface area contributed by atoms with Gasteiger partial charge in [-0.05, 0) is 44.2 Å². The molecule has 0 aliphatic heterocycles. The molecule has 0 saturated heterocycles. The fourth-order valence-corrected chi connectivity index (χ4v) is 3.05. The average molecular weight is 410 g/mol. The number of nitro benzene ring substituents is 1. The molecule has 2 rings (SSSR count). The van der Waals surface area contributed by atoms with E-state index in [0.29, 0.717) is 9.92 Å². The molecular weight excluding hydrogens is 394 g/mol. The summed E-state index contributed by atoms with van der Waals surface area (Å²) >= 11 is 7.07. The second-order valence-corrected chi connectivity index (χ2v) is 7.16. The van der Waals surface area contributed by atoms with Crippen molar-refractivity contribution in [3.8, 4) is 0 Å². The molecular formula is C18H16ClNO6S. The van der Waals surface area contributed by atoms with Crippen molar-refractivity contribution < 1.29 is 24.0 Å². The maximum absolute atomic E-state index is 12.4. The lowest BCUT2D eigenvalue weighted by Crippen LogP contribution is -2.20. The predicted octanol–water partition coefficient (Wildman–Crippen LogP) is 4.51. The van der Waals surface area contributed by atoms with E-state index in [1.54, 1.807) is 38.1 Å². The van der Waals surface area contributed by atoms with E-state index in [9.17, 15) is 19.7 Å². The van der Waals surface area contributed by atoms with Crippen molar-refractivity contribution >= 4 is 41.0 Å². The second-order valence-electron chi connectivity index (χ2n) is 5.61. The summed E-state index contributed by atoms with van der Waals surface area (Å²) < 4.78 is 9.85. The molecule has 0 spiro atoms. The molecule has 0 saturated carbocycles. The first-order chi connectivity index (χ1) is 12.8. The van der Waals surface area contributed by atoms with Gasteiger partial charge >= 0.3 is 11.9 Å². The van der Waals surface area contributed by atoms with E-state index < -0.39 is 23.5 Å². The minimum Gasteiger partial charge on any atom is -0.460 e. The van der Waals surface area contributed by atoms with Crippen LogP contribution >= 0.6 is 23.4 Å². The topological polar surface area (TPSA) is 95.7 Å². The molecule has 0 radical (unpaired) electrons. The zero-order valence-electron chi connectivity index (χ0n) is 14.5. The van der Waals surface area contributed by atoms with Crippen LogP contribution in [0.4, 0.5) is 5.69 Å². The number of non-ortho nitro benzene ring substituents is 1. The van der Waals surface area contributed by atoms with Crippen molar-refractivity contribution in [1.29, 1.82) is 0 Å². The van der Waals surface area contributed by atoms with E-state index in [1.807, 2.05) is 0 Å². The minimum atomic E-state index is -0.851. The zero-order valence-corrected chi connectivity index (χ0v) is 16.1. The molecule has 0 aliphatic carbocycles. The Morgan fingerprint density at radius 3 is 2.44 bits per heavy atom. The van der Waals surface area contributed by atoms with Gasteiger partial charge < -0.3 is 9.47 Å². The van der Waals surface area contributed by atoms with Gasteiger partial charge in [0.25, 0.3) is 5.69 Å². The lowest BCUT2D eigenvalue weighted by Gasteiger charge is -2.11. The molecule has 2 aromatic rings. The predicted molar refractivity (Wildman–Crippen MR) is 100 cm³/mol. The fourth-order valence-electron chi connectivity index (χ4n) is 2.01. The SMILES string of the molecule is CC(C)OC(=O)COC(=O)c1cc([N+](=O)[O-])ccc1Sc1ccc(Cl)cc1. The maximum atomic E-state index is 12.4. The molecule has 2 aromatic carbocycles. The highest BCUT2D eigenvalue weighted by Gasteiger charge is 2.20. The molecule has 0 aromatic heterocycles. The molecule has 7 nitrogen and oxygen atoms in total. The summed E-state index contributed by atoms with van der Waals surface area (Å²) in [6.45, 7) is 2.76. The summed E-state index contributed by atoms with van der Waals surface area (Å²) in [6, 6.07) is 10.8. The van der Waals surface area contributed by atoms with Crippen molar-refractivity contribution in [3.63, 3.8) is 0 Å². The molecule has 0 amide bonds. The summed E-state index contributed by atoms with van der Waals surface area (Å²) in [5.41, 5.74) is -0.270. The Bertz CT molecular complexity index is 853. The van der Waals surface area contributed by atoms with Crippen molar-refractivity contribution in [3.05, 3.63) is 63.2 Å². The van der Waals surface area contributed by atoms with Gasteiger partial charge in [-0.15, -0.1) is 0 Å². The standard InChI is InChI=1S/C18H16ClNO6S/c1-11(2)26-17(21)10-25-18(22)15-9-13(20(23)24)5-8-16(15)27-14-6-3-12(19)4-7-14/h3-9,11H,10H2,1-2H3. The Labute approximate surface area is 164 Å². The normalized spacial score (nSPS) is 10.5. The zero-order chi connectivity index (χ0) is 20.0. The number of carbonyl (C=O) groups is 2. The van der Waals surface area contributed by atoms with Gasteiger partial charge in [0, 0.05) is 26.9 Å². The molecule has 0 unspecified atom stereocenters.